The Kier molecular flexibility index (Phi) is 42.6. The van der Waals surface area contributed by atoms with Crippen molar-refractivity contribution in [2.45, 2.75) is 447 Å². The van der Waals surface area contributed by atoms with Crippen molar-refractivity contribution >= 4 is 0 Å². The molecule has 7 unspecified atom stereocenters. The summed E-state index contributed by atoms with van der Waals surface area (Å²) < 4.78 is 1.37. The number of fused-ring (bicyclic) bond motifs is 4. The molecule has 18 nitrogen and oxygen atoms in total. The normalized spacial score (nSPS) is 30.9. The van der Waals surface area contributed by atoms with Crippen LogP contribution in [-0.4, -0.2) is 415 Å². The maximum Gasteiger partial charge on any atom is 0.0913 e. The van der Waals surface area contributed by atoms with Crippen molar-refractivity contribution in [1.82, 2.24) is 84.1 Å². The highest BCUT2D eigenvalue weighted by Crippen LogP contribution is 2.45. The van der Waals surface area contributed by atoms with Gasteiger partial charge in [-0.05, 0) is 461 Å². The van der Waals surface area contributed by atoms with Crippen molar-refractivity contribution < 1.29 is 4.48 Å². The molecule has 0 amide bonds. The maximum absolute atomic E-state index is 3.52. The molecule has 132 heavy (non-hydrogen) atoms. The Labute approximate surface area is 821 Å². The van der Waals surface area contributed by atoms with Gasteiger partial charge in [-0.15, -0.1) is 0 Å². The van der Waals surface area contributed by atoms with E-state index in [1.165, 1.54) is 400 Å². The first-order chi connectivity index (χ1) is 61.6. The number of nitrogens with zero attached hydrogens (tertiary/aromatic N) is 16. The summed E-state index contributed by atoms with van der Waals surface area (Å²) in [5.41, 5.74) is 4.14. The molecule has 17 aliphatic heterocycles. The molecule has 18 heteroatoms. The van der Waals surface area contributed by atoms with Crippen molar-refractivity contribution in [3.63, 3.8) is 0 Å². The highest BCUT2D eigenvalue weighted by molar-refractivity contribution is 5.04. The topological polar surface area (TPSA) is 72.7 Å². The Morgan fingerprint density at radius 2 is 0.674 bits per heavy atom. The van der Waals surface area contributed by atoms with Crippen LogP contribution in [0.3, 0.4) is 0 Å². The van der Waals surface area contributed by atoms with E-state index in [0.29, 0.717) is 55.1 Å². The smallest absolute Gasteiger partial charge is 0.0913 e. The van der Waals surface area contributed by atoms with Crippen molar-refractivity contribution in [3.05, 3.63) is 0 Å². The van der Waals surface area contributed by atoms with Crippen LogP contribution >= 0.6 is 0 Å². The third kappa shape index (κ3) is 35.1. The zero-order valence-corrected chi connectivity index (χ0v) is 94.2. The lowest BCUT2D eigenvalue weighted by Gasteiger charge is -2.50. The van der Waals surface area contributed by atoms with Gasteiger partial charge in [-0.1, -0.05) is 27.2 Å². The van der Waals surface area contributed by atoms with Crippen molar-refractivity contribution in [2.24, 2.45) is 40.4 Å². The molecule has 17 saturated heterocycles. The van der Waals surface area contributed by atoms with Gasteiger partial charge in [-0.25, -0.2) is 0 Å². The van der Waals surface area contributed by atoms with Crippen molar-refractivity contribution in [1.29, 1.82) is 0 Å². The van der Waals surface area contributed by atoms with E-state index in [1.807, 2.05) is 0 Å². The second-order valence-corrected chi connectivity index (χ2v) is 56.3. The Bertz CT molecular complexity index is 3120. The highest BCUT2D eigenvalue weighted by atomic mass is 15.4. The fourth-order valence-electron chi connectivity index (χ4n) is 27.4. The molecule has 0 aromatic rings. The summed E-state index contributed by atoms with van der Waals surface area (Å²) in [4.78, 5) is 39.7. The third-order valence-corrected chi connectivity index (χ3v) is 36.7. The molecule has 18 fully saturated rings. The molecule has 0 aromatic carbocycles. The largest absolute Gasteiger partial charge is 0.324 e. The van der Waals surface area contributed by atoms with E-state index >= 15 is 0 Å². The Balaban J connectivity index is 0.000000154. The molecule has 2 bridgehead atoms. The number of quaternary nitrogens is 1. The van der Waals surface area contributed by atoms with Crippen LogP contribution in [0.15, 0.2) is 0 Å². The van der Waals surface area contributed by atoms with Crippen LogP contribution in [0.5, 0.6) is 0 Å². The van der Waals surface area contributed by atoms with Crippen LogP contribution in [0.1, 0.15) is 360 Å². The molecule has 1 saturated carbocycles. The van der Waals surface area contributed by atoms with Crippen molar-refractivity contribution in [2.75, 3.05) is 251 Å². The fraction of sp³-hybridized carbons (Fsp3) is 1.00. The van der Waals surface area contributed by atoms with Gasteiger partial charge in [0.2, 0.25) is 0 Å². The molecule has 1 spiro atoms. The zero-order valence-electron chi connectivity index (χ0n) is 94.2. The van der Waals surface area contributed by atoms with Gasteiger partial charge in [0, 0.05) is 224 Å². The summed E-state index contributed by atoms with van der Waals surface area (Å²) in [6, 6.07) is 6.20. The standard InChI is InChI=1S/C15H28N2.C14H29N2.2C14H28N2.C13H26N2.C12H24N2.C11H22N2.C11H24N2.C10H20N2/c1-15(2,3)17-10-12-6-7-13(11-17)14(12)16-8-4-5-9-16;1-14(2,3)15-9-7-13(8-10-15)16(4)11-5-6-12-16;1-14(2,3)16-11-6-7-13(8-12-16)15-9-4-5-10-15;1-14(2,3)16-11-7-13(8-12-16)15-9-5-4-6-10-15;1-13(2,3)8-11-7-12-10-14(4)5-6-15(12)9-11;1-11(2,3)14-8-5-12(6-9-14)4-7-13-10-12;1-11(2,3)13-8-10(9-13)12-6-4-5-7-12;1-11(2,3)13-8-6-10(7-9-13)12(4)5;1-10(2,3)12-6-8-4-11-5-9(8)7-12/h12-14H,4-11H2,1-3H3;13H,5-12H2,1-4H3;2*13H,4-12H2,1-3H3;11-12H,5-10H2,1-4H3;13H,4-10H2,1-3H3;10H,4-9H2,1-3H3;10H,6-9H2,1-5H3;8-9,11H,4-7H2,1-3H3/q;+1;;;;;;;. The predicted molar refractivity (Wildman–Crippen MR) is 572 cm³/mol. The quantitative estimate of drug-likeness (QED) is 0.237. The molecule has 18 rings (SSSR count). The Morgan fingerprint density at radius 3 is 1.08 bits per heavy atom. The summed E-state index contributed by atoms with van der Waals surface area (Å²) in [5, 5.41) is 6.99. The molecule has 18 aliphatic rings. The van der Waals surface area contributed by atoms with Crippen LogP contribution < -0.4 is 10.6 Å². The van der Waals surface area contributed by atoms with Crippen LogP contribution in [0, 0.1) is 40.4 Å². The van der Waals surface area contributed by atoms with Crippen molar-refractivity contribution in [3.8, 4) is 0 Å². The first kappa shape index (κ1) is 113. The number of rotatable bonds is 7. The van der Waals surface area contributed by atoms with Gasteiger partial charge >= 0.3 is 0 Å². The van der Waals surface area contributed by atoms with E-state index in [0.717, 1.165) is 71.9 Å². The summed E-state index contributed by atoms with van der Waals surface area (Å²) in [6.07, 6.45) is 38.3. The van der Waals surface area contributed by atoms with Gasteiger partial charge in [-0.3, -0.25) is 53.9 Å². The van der Waals surface area contributed by atoms with Gasteiger partial charge in [0.15, 0.2) is 0 Å². The summed E-state index contributed by atoms with van der Waals surface area (Å²) >= 11 is 0. The zero-order chi connectivity index (χ0) is 96.6. The first-order valence-electron chi connectivity index (χ1n) is 56.9. The fourth-order valence-corrected chi connectivity index (χ4v) is 27.4. The first-order valence-corrected chi connectivity index (χ1v) is 56.9. The number of piperazine rings is 1. The Hall–Kier alpha value is -0.720. The number of likely N-dealkylation sites (tertiary alicyclic amines) is 13. The van der Waals surface area contributed by atoms with E-state index in [9.17, 15) is 0 Å². The molecular formula is C114H229N18+. The molecule has 774 valence electrons. The van der Waals surface area contributed by atoms with Gasteiger partial charge in [0.1, 0.15) is 0 Å². The number of nitrogens with one attached hydrogen (secondary N) is 2. The average Bonchev–Trinajstić information content (AvgIpc) is 1.69. The van der Waals surface area contributed by atoms with Gasteiger partial charge in [-0.2, -0.15) is 0 Å². The minimum atomic E-state index is 0.358. The lowest BCUT2D eigenvalue weighted by molar-refractivity contribution is -0.923. The van der Waals surface area contributed by atoms with Crippen LogP contribution in [0.25, 0.3) is 0 Å². The van der Waals surface area contributed by atoms with Gasteiger partial charge < -0.3 is 34.7 Å². The number of piperidine rings is 6. The summed E-state index contributed by atoms with van der Waals surface area (Å²) in [5.74, 6) is 4.74. The van der Waals surface area contributed by atoms with E-state index in [4.69, 9.17) is 0 Å². The maximum atomic E-state index is 3.52. The average molecular weight is 1850 g/mol. The van der Waals surface area contributed by atoms with Crippen LogP contribution in [0.2, 0.25) is 0 Å². The molecule has 7 atom stereocenters. The SMILES string of the molecule is CC(C)(C)N1CC(N2CCCC2)C1.CC(C)(C)N1CC2CCC(C1)C2N1CCCC1.CC(C)(C)N1CC2CNCC2C1.CC(C)(C)N1CCC(N2CCCCC2)CC1.CC(C)(C)N1CCC([N+]2(C)CCCC2)CC1.CC(C)(C)N1CCC2(CCNC2)CC1.CC(C)(C)N1CCCC(N2CCCC2)CC1.CN(C)C1CCN(C(C)(C)C)CC1.CN1CCN2CC(CC(C)(C)C)CC2C1. The number of likely N-dealkylation sites (N-methyl/N-ethyl adjacent to an activating group) is 1. The molecule has 0 radical (unpaired) electrons. The third-order valence-electron chi connectivity index (χ3n) is 36.7. The predicted octanol–water partition coefficient (Wildman–Crippen LogP) is 18.8. The minimum absolute atomic E-state index is 0.358. The van der Waals surface area contributed by atoms with Crippen LogP contribution in [-0.2, 0) is 0 Å². The monoisotopic (exact) mass is 1850 g/mol. The van der Waals surface area contributed by atoms with Gasteiger partial charge in [0.25, 0.3) is 0 Å². The summed E-state index contributed by atoms with van der Waals surface area (Å²) in [6.45, 7) is 108. The lowest BCUT2D eigenvalue weighted by Crippen LogP contribution is -2.64. The van der Waals surface area contributed by atoms with E-state index in [2.05, 4.69) is 299 Å². The summed E-state index contributed by atoms with van der Waals surface area (Å²) in [7, 11) is 9.13. The van der Waals surface area contributed by atoms with Gasteiger partial charge in [0.05, 0.1) is 26.2 Å². The number of hydrogen-bond donors (Lipinski definition) is 2. The lowest BCUT2D eigenvalue weighted by atomic mass is 9.77. The highest BCUT2D eigenvalue weighted by Gasteiger charge is 2.49. The van der Waals surface area contributed by atoms with Crippen LogP contribution in [0.4, 0.5) is 0 Å². The second-order valence-electron chi connectivity index (χ2n) is 56.3. The molecule has 1 aliphatic carbocycles. The Morgan fingerprint density at radius 1 is 0.303 bits per heavy atom. The van der Waals surface area contributed by atoms with E-state index < -0.39 is 0 Å². The molecule has 2 N–H and O–H groups in total. The number of hydrogen-bond acceptors (Lipinski definition) is 17. The van der Waals surface area contributed by atoms with E-state index in [-0.39, 0.29) is 0 Å². The molecular weight excluding hydrogens is 1620 g/mol. The minimum Gasteiger partial charge on any atom is -0.324 e. The second kappa shape index (κ2) is 49.7. The van der Waals surface area contributed by atoms with E-state index in [1.54, 1.807) is 0 Å². The molecule has 0 aromatic heterocycles. The molecule has 17 heterocycles.